The van der Waals surface area contributed by atoms with Crippen molar-refractivity contribution in [2.24, 2.45) is 0 Å². The van der Waals surface area contributed by atoms with E-state index in [4.69, 9.17) is 5.26 Å². The van der Waals surface area contributed by atoms with Gasteiger partial charge in [-0.15, -0.1) is 0 Å². The molecule has 24 heavy (non-hydrogen) atoms. The van der Waals surface area contributed by atoms with Crippen LogP contribution in [0.15, 0.2) is 36.4 Å². The van der Waals surface area contributed by atoms with E-state index in [0.717, 1.165) is 16.5 Å². The number of carbonyl (C=O) groups excluding carboxylic acids is 1. The van der Waals surface area contributed by atoms with E-state index in [2.05, 4.69) is 21.6 Å². The third kappa shape index (κ3) is 2.79. The highest BCUT2D eigenvalue weighted by Gasteiger charge is 2.18. The summed E-state index contributed by atoms with van der Waals surface area (Å²) in [7, 11) is 0. The predicted molar refractivity (Wildman–Crippen MR) is 90.7 cm³/mol. The van der Waals surface area contributed by atoms with Gasteiger partial charge in [-0.2, -0.15) is 10.4 Å². The largest absolute Gasteiger partial charge is 0.508 e. The van der Waals surface area contributed by atoms with Crippen molar-refractivity contribution in [2.45, 2.75) is 19.8 Å². The van der Waals surface area contributed by atoms with E-state index in [1.54, 1.807) is 37.3 Å². The number of rotatable bonds is 3. The monoisotopic (exact) mass is 320 g/mol. The first kappa shape index (κ1) is 15.6. The minimum atomic E-state index is -0.441. The highest BCUT2D eigenvalue weighted by atomic mass is 16.3. The highest BCUT2D eigenvalue weighted by molar-refractivity contribution is 6.02. The van der Waals surface area contributed by atoms with Crippen molar-refractivity contribution in [2.75, 3.05) is 5.32 Å². The molecule has 0 radical (unpaired) electrons. The molecule has 0 bridgehead atoms. The number of aromatic hydroxyl groups is 1. The minimum Gasteiger partial charge on any atom is -0.508 e. The first-order chi connectivity index (χ1) is 11.5. The molecule has 1 aromatic heterocycles. The maximum atomic E-state index is 12.5. The summed E-state index contributed by atoms with van der Waals surface area (Å²) in [6.07, 6.45) is 0. The number of benzene rings is 2. The van der Waals surface area contributed by atoms with E-state index in [9.17, 15) is 9.90 Å². The average molecular weight is 320 g/mol. The van der Waals surface area contributed by atoms with Gasteiger partial charge in [-0.1, -0.05) is 12.1 Å². The molecule has 2 aromatic carbocycles. The summed E-state index contributed by atoms with van der Waals surface area (Å²) in [4.78, 5) is 12.5. The molecule has 1 heterocycles. The van der Waals surface area contributed by atoms with Crippen LogP contribution < -0.4 is 5.32 Å². The number of nitrogens with zero attached hydrogens (tertiary/aromatic N) is 2. The summed E-state index contributed by atoms with van der Waals surface area (Å²) >= 11 is 0. The molecule has 3 aromatic rings. The lowest BCUT2D eigenvalue weighted by atomic mass is 10.00. The van der Waals surface area contributed by atoms with E-state index >= 15 is 0 Å². The molecule has 1 atom stereocenters. The van der Waals surface area contributed by atoms with E-state index in [1.807, 2.05) is 13.0 Å². The number of amides is 1. The molecule has 120 valence electrons. The van der Waals surface area contributed by atoms with Gasteiger partial charge in [-0.3, -0.25) is 9.89 Å². The third-order valence-electron chi connectivity index (χ3n) is 4.03. The van der Waals surface area contributed by atoms with Crippen LogP contribution in [0.4, 0.5) is 5.82 Å². The standard InChI is InChI=1S/C18H16N4O2/c1-10-6-15-16(8-13(10)9-19)21-22-17(15)20-18(24)11(2)12-4-3-5-14(23)7-12/h3-8,11,23H,1-2H3,(H2,20,21,22,24). The molecule has 0 aliphatic rings. The summed E-state index contributed by atoms with van der Waals surface area (Å²) in [6.45, 7) is 3.60. The molecule has 0 spiro atoms. The second-order valence-corrected chi connectivity index (χ2v) is 5.70. The number of aromatic nitrogens is 2. The van der Waals surface area contributed by atoms with Crippen molar-refractivity contribution in [3.05, 3.63) is 53.1 Å². The second kappa shape index (κ2) is 6.05. The first-order valence-electron chi connectivity index (χ1n) is 7.48. The molecule has 6 nitrogen and oxygen atoms in total. The van der Waals surface area contributed by atoms with Gasteiger partial charge in [0.05, 0.1) is 23.1 Å². The maximum Gasteiger partial charge on any atom is 0.232 e. The van der Waals surface area contributed by atoms with E-state index in [0.29, 0.717) is 16.9 Å². The smallest absolute Gasteiger partial charge is 0.232 e. The van der Waals surface area contributed by atoms with Crippen molar-refractivity contribution >= 4 is 22.6 Å². The Hall–Kier alpha value is -3.33. The predicted octanol–water partition coefficient (Wildman–Crippen LogP) is 3.19. The normalized spacial score (nSPS) is 11.9. The highest BCUT2D eigenvalue weighted by Crippen LogP contribution is 2.26. The molecule has 1 amide bonds. The SMILES string of the molecule is Cc1cc2c(NC(=O)C(C)c3cccc(O)c3)n[nH]c2cc1C#N. The molecule has 0 fully saturated rings. The van der Waals surface area contributed by atoms with Gasteiger partial charge in [-0.05, 0) is 49.2 Å². The van der Waals surface area contributed by atoms with Crippen LogP contribution >= 0.6 is 0 Å². The van der Waals surface area contributed by atoms with Crippen LogP contribution in [0.3, 0.4) is 0 Å². The average Bonchev–Trinajstić information content (AvgIpc) is 2.95. The van der Waals surface area contributed by atoms with Crippen LogP contribution in [0.5, 0.6) is 5.75 Å². The Labute approximate surface area is 138 Å². The fourth-order valence-corrected chi connectivity index (χ4v) is 2.56. The summed E-state index contributed by atoms with van der Waals surface area (Å²) in [5.74, 6) is -0.119. The van der Waals surface area contributed by atoms with E-state index < -0.39 is 5.92 Å². The van der Waals surface area contributed by atoms with Gasteiger partial charge >= 0.3 is 0 Å². The molecule has 0 saturated carbocycles. The van der Waals surface area contributed by atoms with Crippen molar-refractivity contribution in [1.82, 2.24) is 10.2 Å². The maximum absolute atomic E-state index is 12.5. The number of hydrogen-bond acceptors (Lipinski definition) is 4. The fourth-order valence-electron chi connectivity index (χ4n) is 2.56. The summed E-state index contributed by atoms with van der Waals surface area (Å²) in [5, 5.41) is 29.1. The number of anilines is 1. The van der Waals surface area contributed by atoms with Gasteiger partial charge in [0.15, 0.2) is 5.82 Å². The zero-order valence-electron chi connectivity index (χ0n) is 13.3. The number of aromatic amines is 1. The molecular weight excluding hydrogens is 304 g/mol. The number of phenolic OH excluding ortho intramolecular Hbond substituents is 1. The quantitative estimate of drug-likeness (QED) is 0.689. The molecule has 3 rings (SSSR count). The summed E-state index contributed by atoms with van der Waals surface area (Å²) < 4.78 is 0. The summed E-state index contributed by atoms with van der Waals surface area (Å²) in [5.41, 5.74) is 2.80. The third-order valence-corrected chi connectivity index (χ3v) is 4.03. The first-order valence-corrected chi connectivity index (χ1v) is 7.48. The summed E-state index contributed by atoms with van der Waals surface area (Å²) in [6, 6.07) is 12.3. The Bertz CT molecular complexity index is 969. The zero-order chi connectivity index (χ0) is 17.3. The van der Waals surface area contributed by atoms with Crippen molar-refractivity contribution in [3.63, 3.8) is 0 Å². The van der Waals surface area contributed by atoms with Crippen LogP contribution in [0.1, 0.15) is 29.5 Å². The number of nitrogens with one attached hydrogen (secondary N) is 2. The van der Waals surface area contributed by atoms with Gasteiger partial charge in [0.25, 0.3) is 0 Å². The van der Waals surface area contributed by atoms with Crippen LogP contribution in [-0.2, 0) is 4.79 Å². The zero-order valence-corrected chi connectivity index (χ0v) is 13.3. The second-order valence-electron chi connectivity index (χ2n) is 5.70. The Balaban J connectivity index is 1.88. The van der Waals surface area contributed by atoms with Crippen molar-refractivity contribution in [3.8, 4) is 11.8 Å². The van der Waals surface area contributed by atoms with Crippen LogP contribution in [-0.4, -0.2) is 21.2 Å². The molecule has 6 heteroatoms. The number of aryl methyl sites for hydroxylation is 1. The number of hydrogen-bond donors (Lipinski definition) is 3. The van der Waals surface area contributed by atoms with Gasteiger partial charge in [-0.25, -0.2) is 0 Å². The number of H-pyrrole nitrogens is 1. The van der Waals surface area contributed by atoms with Crippen LogP contribution in [0, 0.1) is 18.3 Å². The van der Waals surface area contributed by atoms with Gasteiger partial charge in [0.1, 0.15) is 5.75 Å². The van der Waals surface area contributed by atoms with E-state index in [1.165, 1.54) is 0 Å². The number of phenols is 1. The molecule has 0 saturated heterocycles. The lowest BCUT2D eigenvalue weighted by Gasteiger charge is -2.11. The molecule has 1 unspecified atom stereocenters. The van der Waals surface area contributed by atoms with Gasteiger partial charge < -0.3 is 10.4 Å². The van der Waals surface area contributed by atoms with Crippen molar-refractivity contribution in [1.29, 1.82) is 5.26 Å². The lowest BCUT2D eigenvalue weighted by molar-refractivity contribution is -0.117. The van der Waals surface area contributed by atoms with Crippen LogP contribution in [0.25, 0.3) is 10.9 Å². The van der Waals surface area contributed by atoms with Gasteiger partial charge in [0.2, 0.25) is 5.91 Å². The molecule has 3 N–H and O–H groups in total. The number of nitriles is 1. The Morgan fingerprint density at radius 2 is 2.17 bits per heavy atom. The topological polar surface area (TPSA) is 102 Å². The van der Waals surface area contributed by atoms with E-state index in [-0.39, 0.29) is 11.7 Å². The molecule has 0 aliphatic heterocycles. The number of fused-ring (bicyclic) bond motifs is 1. The fraction of sp³-hybridized carbons (Fsp3) is 0.167. The lowest BCUT2D eigenvalue weighted by Crippen LogP contribution is -2.19. The Kier molecular flexibility index (Phi) is 3.92. The van der Waals surface area contributed by atoms with Crippen LogP contribution in [0.2, 0.25) is 0 Å². The Morgan fingerprint density at radius 1 is 1.38 bits per heavy atom. The Morgan fingerprint density at radius 3 is 2.88 bits per heavy atom. The molecular formula is C18H16N4O2. The molecule has 0 aliphatic carbocycles. The van der Waals surface area contributed by atoms with Crippen molar-refractivity contribution < 1.29 is 9.90 Å². The number of carbonyl (C=O) groups is 1. The minimum absolute atomic E-state index is 0.122. The van der Waals surface area contributed by atoms with Gasteiger partial charge in [0, 0.05) is 5.39 Å².